The monoisotopic (exact) mass is 506 g/mol. The molecule has 1 unspecified atom stereocenters. The van der Waals surface area contributed by atoms with E-state index >= 15 is 0 Å². The highest BCUT2D eigenvalue weighted by atomic mass is 35.5. The number of halogens is 4. The van der Waals surface area contributed by atoms with Gasteiger partial charge in [-0.25, -0.2) is 9.50 Å². The van der Waals surface area contributed by atoms with Crippen molar-refractivity contribution < 1.29 is 22.7 Å². The summed E-state index contributed by atoms with van der Waals surface area (Å²) >= 11 is 6.36. The molecule has 0 aliphatic carbocycles. The normalized spacial score (nSPS) is 12.7. The third-order valence-corrected chi connectivity index (χ3v) is 5.87. The van der Waals surface area contributed by atoms with Gasteiger partial charge in [-0.3, -0.25) is 9.48 Å². The second-order valence-corrected chi connectivity index (χ2v) is 8.25. The fourth-order valence-electron chi connectivity index (χ4n) is 3.73. The Bertz CT molecular complexity index is 1410. The highest BCUT2D eigenvalue weighted by molar-refractivity contribution is 6.36. The molecule has 0 fully saturated rings. The fraction of sp³-hybridized carbons (Fsp3) is 0.304. The molecule has 0 bridgehead atoms. The molecule has 8 nitrogen and oxygen atoms in total. The molecular formula is C23H22ClF3N6O2. The highest BCUT2D eigenvalue weighted by Gasteiger charge is 2.37. The summed E-state index contributed by atoms with van der Waals surface area (Å²) in [7, 11) is 1.45. The minimum atomic E-state index is -4.78. The number of nitrogens with zero attached hydrogens (tertiary/aromatic N) is 5. The van der Waals surface area contributed by atoms with Gasteiger partial charge in [0.05, 0.1) is 24.5 Å². The number of hydrogen-bond acceptors (Lipinski definition) is 5. The summed E-state index contributed by atoms with van der Waals surface area (Å²) in [5.74, 6) is -0.277. The maximum Gasteiger partial charge on any atom is 0.433 e. The number of carbonyl (C=O) groups excluding carboxylic acids is 1. The van der Waals surface area contributed by atoms with Crippen molar-refractivity contribution in [1.29, 1.82) is 0 Å². The van der Waals surface area contributed by atoms with Crippen molar-refractivity contribution in [3.8, 4) is 17.0 Å². The van der Waals surface area contributed by atoms with E-state index in [1.54, 1.807) is 42.1 Å². The number of amides is 1. The molecule has 184 valence electrons. The lowest BCUT2D eigenvalue weighted by Gasteiger charge is -2.12. The quantitative estimate of drug-likeness (QED) is 0.393. The minimum absolute atomic E-state index is 0.00783. The molecule has 12 heteroatoms. The van der Waals surface area contributed by atoms with Gasteiger partial charge in [0.15, 0.2) is 17.0 Å². The third kappa shape index (κ3) is 4.68. The molecule has 1 N–H and O–H groups in total. The molecule has 0 saturated carbocycles. The number of carbonyl (C=O) groups is 1. The zero-order valence-corrected chi connectivity index (χ0v) is 20.1. The second-order valence-electron chi connectivity index (χ2n) is 7.88. The van der Waals surface area contributed by atoms with Crippen LogP contribution in [0.15, 0.2) is 36.5 Å². The van der Waals surface area contributed by atoms with E-state index in [1.165, 1.54) is 7.11 Å². The predicted molar refractivity (Wildman–Crippen MR) is 124 cm³/mol. The van der Waals surface area contributed by atoms with Crippen molar-refractivity contribution in [1.82, 2.24) is 29.7 Å². The number of alkyl halides is 3. The van der Waals surface area contributed by atoms with Crippen molar-refractivity contribution in [3.63, 3.8) is 0 Å². The van der Waals surface area contributed by atoms with E-state index in [2.05, 4.69) is 20.5 Å². The number of hydrogen-bond donors (Lipinski definition) is 1. The molecule has 3 aromatic heterocycles. The van der Waals surface area contributed by atoms with Crippen LogP contribution in [-0.2, 0) is 12.7 Å². The first kappa shape index (κ1) is 24.5. The van der Waals surface area contributed by atoms with Crippen LogP contribution >= 0.6 is 11.6 Å². The van der Waals surface area contributed by atoms with Crippen LogP contribution in [0.5, 0.6) is 5.75 Å². The summed E-state index contributed by atoms with van der Waals surface area (Å²) in [5.41, 5.74) is 0.131. The maximum atomic E-state index is 13.9. The van der Waals surface area contributed by atoms with Crippen molar-refractivity contribution in [2.45, 2.75) is 39.5 Å². The molecule has 0 aliphatic heterocycles. The van der Waals surface area contributed by atoms with Crippen LogP contribution in [-0.4, -0.2) is 37.4 Å². The van der Waals surface area contributed by atoms with Gasteiger partial charge in [0.25, 0.3) is 5.91 Å². The summed E-state index contributed by atoms with van der Waals surface area (Å²) < 4.78 is 49.3. The average Bonchev–Trinajstić information content (AvgIpc) is 3.37. The van der Waals surface area contributed by atoms with Gasteiger partial charge in [0, 0.05) is 23.9 Å². The van der Waals surface area contributed by atoms with Crippen LogP contribution in [0.25, 0.3) is 16.9 Å². The Balaban J connectivity index is 1.77. The SMILES string of the molecule is CCn1cc(C(C)NC(=O)c2nn3c(C(F)(F)F)cc(-c4cccc(OC)c4)nc3c2Cl)c(C)n1. The molecule has 1 amide bonds. The number of aromatic nitrogens is 5. The summed E-state index contributed by atoms with van der Waals surface area (Å²) in [4.78, 5) is 17.3. The first-order chi connectivity index (χ1) is 16.5. The van der Waals surface area contributed by atoms with Crippen molar-refractivity contribution in [3.05, 3.63) is 64.2 Å². The minimum Gasteiger partial charge on any atom is -0.497 e. The van der Waals surface area contributed by atoms with Crippen LogP contribution in [0.2, 0.25) is 5.02 Å². The summed E-state index contributed by atoms with van der Waals surface area (Å²) in [6, 6.07) is 6.82. The number of fused-ring (bicyclic) bond motifs is 1. The number of aryl methyl sites for hydroxylation is 2. The average molecular weight is 507 g/mol. The summed E-state index contributed by atoms with van der Waals surface area (Å²) in [6.45, 7) is 6.13. The van der Waals surface area contributed by atoms with Gasteiger partial charge in [-0.1, -0.05) is 23.7 Å². The van der Waals surface area contributed by atoms with Gasteiger partial charge in [0.2, 0.25) is 0 Å². The molecular weight excluding hydrogens is 485 g/mol. The predicted octanol–water partition coefficient (Wildman–Crippen LogP) is 5.09. The molecule has 0 saturated heterocycles. The molecule has 4 aromatic rings. The van der Waals surface area contributed by atoms with E-state index in [0.29, 0.717) is 22.4 Å². The van der Waals surface area contributed by atoms with Gasteiger partial charge in [-0.05, 0) is 39.0 Å². The fourth-order valence-corrected chi connectivity index (χ4v) is 3.98. The Morgan fingerprint density at radius 2 is 2.00 bits per heavy atom. The Labute approximate surface area is 203 Å². The largest absolute Gasteiger partial charge is 0.497 e. The Kier molecular flexibility index (Phi) is 6.46. The van der Waals surface area contributed by atoms with E-state index in [0.717, 1.165) is 17.3 Å². The zero-order chi connectivity index (χ0) is 25.5. The van der Waals surface area contributed by atoms with Crippen molar-refractivity contribution >= 4 is 23.2 Å². The van der Waals surface area contributed by atoms with Crippen LogP contribution in [0.3, 0.4) is 0 Å². The standard InChI is InChI=1S/C23H22ClF3N6O2/c1-5-32-11-16(13(3)30-32)12(2)28-22(34)20-19(24)21-29-17(14-7-6-8-15(9-14)35-4)10-18(23(25,26)27)33(21)31-20/h6-12H,5H2,1-4H3,(H,28,34). The number of methoxy groups -OCH3 is 1. The van der Waals surface area contributed by atoms with Crippen LogP contribution in [0, 0.1) is 6.92 Å². The van der Waals surface area contributed by atoms with Gasteiger partial charge in [-0.15, -0.1) is 0 Å². The number of nitrogens with one attached hydrogen (secondary N) is 1. The summed E-state index contributed by atoms with van der Waals surface area (Å²) in [5, 5.41) is 10.7. The van der Waals surface area contributed by atoms with Crippen molar-refractivity contribution in [2.75, 3.05) is 7.11 Å². The Hall–Kier alpha value is -3.60. The third-order valence-electron chi connectivity index (χ3n) is 5.53. The Morgan fingerprint density at radius 3 is 2.63 bits per heavy atom. The number of benzene rings is 1. The lowest BCUT2D eigenvalue weighted by molar-refractivity contribution is -0.142. The topological polar surface area (TPSA) is 86.3 Å². The van der Waals surface area contributed by atoms with E-state index in [9.17, 15) is 18.0 Å². The molecule has 3 heterocycles. The van der Waals surface area contributed by atoms with Gasteiger partial charge in [0.1, 0.15) is 10.8 Å². The molecule has 1 aromatic carbocycles. The van der Waals surface area contributed by atoms with Gasteiger partial charge >= 0.3 is 6.18 Å². The van der Waals surface area contributed by atoms with E-state index in [4.69, 9.17) is 16.3 Å². The highest BCUT2D eigenvalue weighted by Crippen LogP contribution is 2.35. The van der Waals surface area contributed by atoms with Crippen LogP contribution in [0.4, 0.5) is 13.2 Å². The van der Waals surface area contributed by atoms with Gasteiger partial charge in [-0.2, -0.15) is 23.4 Å². The molecule has 35 heavy (non-hydrogen) atoms. The van der Waals surface area contributed by atoms with Crippen LogP contribution < -0.4 is 10.1 Å². The van der Waals surface area contributed by atoms with E-state index in [1.807, 2.05) is 13.8 Å². The van der Waals surface area contributed by atoms with E-state index < -0.39 is 23.8 Å². The maximum absolute atomic E-state index is 13.9. The lowest BCUT2D eigenvalue weighted by Crippen LogP contribution is -2.27. The smallest absolute Gasteiger partial charge is 0.433 e. The molecule has 0 radical (unpaired) electrons. The zero-order valence-electron chi connectivity index (χ0n) is 19.3. The molecule has 1 atom stereocenters. The number of ether oxygens (including phenoxy) is 1. The first-order valence-electron chi connectivity index (χ1n) is 10.7. The van der Waals surface area contributed by atoms with Crippen LogP contribution in [0.1, 0.15) is 47.3 Å². The van der Waals surface area contributed by atoms with Crippen molar-refractivity contribution in [2.24, 2.45) is 0 Å². The first-order valence-corrected chi connectivity index (χ1v) is 11.1. The van der Waals surface area contributed by atoms with E-state index in [-0.39, 0.29) is 22.1 Å². The second kappa shape index (κ2) is 9.21. The molecule has 0 spiro atoms. The Morgan fingerprint density at radius 1 is 1.26 bits per heavy atom. The lowest BCUT2D eigenvalue weighted by atomic mass is 10.1. The number of rotatable bonds is 6. The van der Waals surface area contributed by atoms with Gasteiger partial charge < -0.3 is 10.1 Å². The summed E-state index contributed by atoms with van der Waals surface area (Å²) in [6.07, 6.45) is -2.98. The molecule has 0 aliphatic rings. The molecule has 4 rings (SSSR count).